The largest absolute Gasteiger partial charge is 0.495 e. The number of nitrogens with zero attached hydrogens (tertiary/aromatic N) is 3. The first kappa shape index (κ1) is 13.4. The molecular weight excluding hydrogens is 342 g/mol. The van der Waals surface area contributed by atoms with Crippen LogP contribution < -0.4 is 4.74 Å². The molecule has 0 atom stereocenters. The van der Waals surface area contributed by atoms with Crippen LogP contribution in [0.25, 0.3) is 16.9 Å². The number of rotatable bonds is 3. The lowest BCUT2D eigenvalue weighted by Gasteiger charge is -2.11. The van der Waals surface area contributed by atoms with Crippen molar-refractivity contribution in [1.29, 1.82) is 0 Å². The van der Waals surface area contributed by atoms with Crippen LogP contribution in [0.3, 0.4) is 0 Å². The topological polar surface area (TPSA) is 39.9 Å². The minimum absolute atomic E-state index is 0.298. The monoisotopic (exact) mass is 351 g/mol. The summed E-state index contributed by atoms with van der Waals surface area (Å²) in [5.74, 6) is 1.78. The third-order valence-electron chi connectivity index (χ3n) is 2.98. The Kier molecular flexibility index (Phi) is 3.63. The van der Waals surface area contributed by atoms with E-state index in [1.807, 2.05) is 34.9 Å². The van der Waals surface area contributed by atoms with Crippen LogP contribution in [-0.2, 0) is 5.88 Å². The number of halogens is 2. The van der Waals surface area contributed by atoms with Crippen LogP contribution in [0.2, 0.25) is 0 Å². The Labute approximate surface area is 129 Å². The van der Waals surface area contributed by atoms with Crippen molar-refractivity contribution < 1.29 is 4.74 Å². The first-order valence-corrected chi connectivity index (χ1v) is 7.29. The number of methoxy groups -OCH3 is 1. The van der Waals surface area contributed by atoms with Crippen molar-refractivity contribution in [3.63, 3.8) is 0 Å². The minimum atomic E-state index is 0.298. The molecule has 0 unspecified atom stereocenters. The van der Waals surface area contributed by atoms with Crippen molar-refractivity contribution in [3.8, 4) is 11.4 Å². The van der Waals surface area contributed by atoms with Crippen LogP contribution in [0, 0.1) is 0 Å². The standard InChI is InChI=1S/C14H11BrClN3O/c1-20-12-5-3-2-4-11(12)19-13(7-16)18-10-6-9(15)8-17-14(10)19/h2-6,8H,7H2,1H3. The summed E-state index contributed by atoms with van der Waals surface area (Å²) in [5, 5.41) is 0. The van der Waals surface area contributed by atoms with E-state index in [0.29, 0.717) is 5.88 Å². The van der Waals surface area contributed by atoms with Gasteiger partial charge in [0.2, 0.25) is 0 Å². The Bertz CT molecular complexity index is 772. The van der Waals surface area contributed by atoms with Gasteiger partial charge >= 0.3 is 0 Å². The summed E-state index contributed by atoms with van der Waals surface area (Å²) in [6.45, 7) is 0. The fourth-order valence-electron chi connectivity index (χ4n) is 2.14. The molecule has 6 heteroatoms. The number of fused-ring (bicyclic) bond motifs is 1. The van der Waals surface area contributed by atoms with E-state index in [1.54, 1.807) is 13.3 Å². The van der Waals surface area contributed by atoms with E-state index >= 15 is 0 Å². The summed E-state index contributed by atoms with van der Waals surface area (Å²) >= 11 is 9.43. The van der Waals surface area contributed by atoms with Gasteiger partial charge in [0, 0.05) is 10.7 Å². The van der Waals surface area contributed by atoms with Crippen molar-refractivity contribution >= 4 is 38.7 Å². The number of ether oxygens (including phenoxy) is 1. The van der Waals surface area contributed by atoms with Crippen LogP contribution in [-0.4, -0.2) is 21.6 Å². The Balaban J connectivity index is 2.34. The molecule has 0 saturated heterocycles. The minimum Gasteiger partial charge on any atom is -0.495 e. The van der Waals surface area contributed by atoms with Crippen LogP contribution >= 0.6 is 27.5 Å². The lowest BCUT2D eigenvalue weighted by Crippen LogP contribution is -2.02. The van der Waals surface area contributed by atoms with E-state index in [0.717, 1.165) is 32.9 Å². The molecule has 0 aliphatic heterocycles. The van der Waals surface area contributed by atoms with Crippen molar-refractivity contribution in [2.24, 2.45) is 0 Å². The maximum atomic E-state index is 6.03. The normalized spacial score (nSPS) is 10.9. The number of imidazole rings is 1. The molecule has 1 aromatic carbocycles. The molecule has 102 valence electrons. The number of alkyl halides is 1. The number of aromatic nitrogens is 3. The van der Waals surface area contributed by atoms with E-state index in [-0.39, 0.29) is 0 Å². The molecule has 0 saturated carbocycles. The van der Waals surface area contributed by atoms with Crippen molar-refractivity contribution in [1.82, 2.24) is 14.5 Å². The Morgan fingerprint density at radius 3 is 2.90 bits per heavy atom. The van der Waals surface area contributed by atoms with Crippen molar-refractivity contribution in [2.45, 2.75) is 5.88 Å². The van der Waals surface area contributed by atoms with Crippen LogP contribution in [0.1, 0.15) is 5.82 Å². The van der Waals surface area contributed by atoms with E-state index in [2.05, 4.69) is 25.9 Å². The Hall–Kier alpha value is -1.59. The second-order valence-corrected chi connectivity index (χ2v) is 5.35. The third kappa shape index (κ3) is 2.17. The first-order valence-electron chi connectivity index (χ1n) is 5.97. The number of hydrogen-bond donors (Lipinski definition) is 0. The average Bonchev–Trinajstić information content (AvgIpc) is 2.84. The van der Waals surface area contributed by atoms with Crippen LogP contribution in [0.15, 0.2) is 41.0 Å². The number of hydrogen-bond acceptors (Lipinski definition) is 3. The molecule has 0 spiro atoms. The van der Waals surface area contributed by atoms with Gasteiger partial charge in [-0.05, 0) is 34.1 Å². The van der Waals surface area contributed by atoms with Crippen molar-refractivity contribution in [3.05, 3.63) is 46.8 Å². The number of benzene rings is 1. The zero-order valence-electron chi connectivity index (χ0n) is 10.7. The zero-order chi connectivity index (χ0) is 14.1. The van der Waals surface area contributed by atoms with Gasteiger partial charge in [-0.3, -0.25) is 4.57 Å². The first-order chi connectivity index (χ1) is 9.74. The predicted octanol–water partition coefficient (Wildman–Crippen LogP) is 3.93. The van der Waals surface area contributed by atoms with Gasteiger partial charge in [0.1, 0.15) is 17.1 Å². The van der Waals surface area contributed by atoms with E-state index in [9.17, 15) is 0 Å². The molecule has 20 heavy (non-hydrogen) atoms. The third-order valence-corrected chi connectivity index (χ3v) is 3.65. The van der Waals surface area contributed by atoms with Crippen molar-refractivity contribution in [2.75, 3.05) is 7.11 Å². The molecule has 2 aromatic heterocycles. The number of pyridine rings is 1. The summed E-state index contributed by atoms with van der Waals surface area (Å²) in [4.78, 5) is 8.97. The maximum Gasteiger partial charge on any atom is 0.164 e. The average molecular weight is 353 g/mol. The zero-order valence-corrected chi connectivity index (χ0v) is 13.0. The molecular formula is C14H11BrClN3O. The molecule has 2 heterocycles. The van der Waals surface area contributed by atoms with Gasteiger partial charge in [-0.15, -0.1) is 11.6 Å². The van der Waals surface area contributed by atoms with E-state index in [4.69, 9.17) is 16.3 Å². The summed E-state index contributed by atoms with van der Waals surface area (Å²) in [7, 11) is 1.64. The smallest absolute Gasteiger partial charge is 0.164 e. The van der Waals surface area contributed by atoms with Gasteiger partial charge in [-0.25, -0.2) is 9.97 Å². The van der Waals surface area contributed by atoms with Gasteiger partial charge in [0.15, 0.2) is 5.65 Å². The SMILES string of the molecule is COc1ccccc1-n1c(CCl)nc2cc(Br)cnc21. The molecule has 0 fully saturated rings. The molecule has 3 aromatic rings. The number of para-hydroxylation sites is 2. The van der Waals surface area contributed by atoms with Crippen LogP contribution in [0.5, 0.6) is 5.75 Å². The highest BCUT2D eigenvalue weighted by Gasteiger charge is 2.15. The van der Waals surface area contributed by atoms with Gasteiger partial charge < -0.3 is 4.74 Å². The molecule has 0 aliphatic rings. The molecule has 0 radical (unpaired) electrons. The van der Waals surface area contributed by atoms with E-state index < -0.39 is 0 Å². The lowest BCUT2D eigenvalue weighted by molar-refractivity contribution is 0.413. The van der Waals surface area contributed by atoms with Gasteiger partial charge in [-0.2, -0.15) is 0 Å². The summed E-state index contributed by atoms with van der Waals surface area (Å²) in [5.41, 5.74) is 2.43. The highest BCUT2D eigenvalue weighted by Crippen LogP contribution is 2.28. The Morgan fingerprint density at radius 1 is 1.35 bits per heavy atom. The molecule has 0 aliphatic carbocycles. The Morgan fingerprint density at radius 2 is 2.15 bits per heavy atom. The highest BCUT2D eigenvalue weighted by atomic mass is 79.9. The van der Waals surface area contributed by atoms with Gasteiger partial charge in [-0.1, -0.05) is 12.1 Å². The van der Waals surface area contributed by atoms with E-state index in [1.165, 1.54) is 0 Å². The predicted molar refractivity (Wildman–Crippen MR) is 82.7 cm³/mol. The second kappa shape index (κ2) is 5.42. The molecule has 0 amide bonds. The summed E-state index contributed by atoms with van der Waals surface area (Å²) in [6, 6.07) is 9.65. The van der Waals surface area contributed by atoms with Gasteiger partial charge in [0.05, 0.1) is 18.7 Å². The quantitative estimate of drug-likeness (QED) is 0.671. The second-order valence-electron chi connectivity index (χ2n) is 4.17. The van der Waals surface area contributed by atoms with Crippen LogP contribution in [0.4, 0.5) is 0 Å². The maximum absolute atomic E-state index is 6.03. The summed E-state index contributed by atoms with van der Waals surface area (Å²) in [6.07, 6.45) is 1.74. The highest BCUT2D eigenvalue weighted by molar-refractivity contribution is 9.10. The lowest BCUT2D eigenvalue weighted by atomic mass is 10.3. The molecule has 0 N–H and O–H groups in total. The molecule has 4 nitrogen and oxygen atoms in total. The fourth-order valence-corrected chi connectivity index (χ4v) is 2.64. The molecule has 0 bridgehead atoms. The molecule has 3 rings (SSSR count). The van der Waals surface area contributed by atoms with Gasteiger partial charge in [0.25, 0.3) is 0 Å². The summed E-state index contributed by atoms with van der Waals surface area (Å²) < 4.78 is 8.22. The fraction of sp³-hybridized carbons (Fsp3) is 0.143.